The van der Waals surface area contributed by atoms with Crippen molar-refractivity contribution >= 4 is 38.9 Å². The van der Waals surface area contributed by atoms with Crippen molar-refractivity contribution in [1.29, 1.82) is 0 Å². The molecule has 36 heavy (non-hydrogen) atoms. The van der Waals surface area contributed by atoms with Gasteiger partial charge in [0.2, 0.25) is 5.51 Å². The Morgan fingerprint density at radius 2 is 1.44 bits per heavy atom. The maximum absolute atomic E-state index is 11.5. The van der Waals surface area contributed by atoms with Crippen LogP contribution >= 0.6 is 11.3 Å². The molecule has 3 aromatic carbocycles. The first-order valence-corrected chi connectivity index (χ1v) is 13.0. The van der Waals surface area contributed by atoms with Crippen molar-refractivity contribution in [2.75, 3.05) is 0 Å². The number of aryl methyl sites for hydroxylation is 1. The second-order valence-electron chi connectivity index (χ2n) is 9.65. The first-order valence-electron chi connectivity index (χ1n) is 12.2. The van der Waals surface area contributed by atoms with Gasteiger partial charge in [-0.15, -0.1) is 11.0 Å². The fourth-order valence-electron chi connectivity index (χ4n) is 4.48. The number of fused-ring (bicyclic) bond motifs is 3. The Labute approximate surface area is 229 Å². The molecule has 2 aromatic heterocycles. The third-order valence-corrected chi connectivity index (χ3v) is 7.42. The number of aromatic nitrogens is 2. The number of carbonyl (C=O) groups is 1. The number of hydrogen-bond donors (Lipinski definition) is 0. The topological polar surface area (TPSA) is 35.1 Å². The first kappa shape index (κ1) is 27.9. The van der Waals surface area contributed by atoms with Crippen LogP contribution in [0.2, 0.25) is 0 Å². The Morgan fingerprint density at radius 1 is 0.861 bits per heavy atom. The molecule has 189 valence electrons. The molecule has 0 atom stereocenters. The average Bonchev–Trinajstić information content (AvgIpc) is 3.38. The van der Waals surface area contributed by atoms with Gasteiger partial charge in [0.15, 0.2) is 5.78 Å². The number of para-hydroxylation sites is 3. The van der Waals surface area contributed by atoms with Gasteiger partial charge >= 0.3 is 17.1 Å². The molecule has 5 heteroatoms. The van der Waals surface area contributed by atoms with E-state index < -0.39 is 0 Å². The summed E-state index contributed by atoms with van der Waals surface area (Å²) in [5, 5.41) is 2.17. The summed E-state index contributed by atoms with van der Waals surface area (Å²) in [6.07, 6.45) is 0. The second-order valence-corrected chi connectivity index (χ2v) is 10.7. The van der Waals surface area contributed by atoms with E-state index >= 15 is 0 Å². The summed E-state index contributed by atoms with van der Waals surface area (Å²) in [5.41, 5.74) is 11.4. The van der Waals surface area contributed by atoms with E-state index in [2.05, 4.69) is 74.8 Å². The molecular weight excluding hydrogens is 512 g/mol. The minimum absolute atomic E-state index is 0. The maximum atomic E-state index is 11.5. The van der Waals surface area contributed by atoms with Crippen LogP contribution in [0.1, 0.15) is 78.5 Å². The van der Waals surface area contributed by atoms with Crippen LogP contribution in [0.15, 0.2) is 60.7 Å². The van der Waals surface area contributed by atoms with Gasteiger partial charge in [0, 0.05) is 5.56 Å². The first-order chi connectivity index (χ1) is 16.7. The number of Topliss-reactive ketones (excluding diaryl/α,β-unsaturated/α-hetero) is 1. The molecule has 0 bridgehead atoms. The zero-order valence-corrected chi connectivity index (χ0v) is 23.7. The Bertz CT molecular complexity index is 1480. The van der Waals surface area contributed by atoms with Crippen molar-refractivity contribution in [2.45, 2.75) is 60.3 Å². The zero-order chi connectivity index (χ0) is 25.3. The van der Waals surface area contributed by atoms with E-state index in [-0.39, 0.29) is 22.9 Å². The summed E-state index contributed by atoms with van der Waals surface area (Å²) in [5.74, 6) is 1.11. The van der Waals surface area contributed by atoms with Crippen molar-refractivity contribution in [3.8, 4) is 5.69 Å². The number of carbonyl (C=O) groups excluding carboxylic acids is 1. The number of hydrogen-bond acceptors (Lipinski definition) is 2. The van der Waals surface area contributed by atoms with Crippen molar-refractivity contribution in [1.82, 2.24) is 4.98 Å². The average molecular weight is 545 g/mol. The normalized spacial score (nSPS) is 11.0. The van der Waals surface area contributed by atoms with E-state index in [1.54, 1.807) is 18.3 Å². The molecule has 0 aliphatic rings. The molecule has 2 heterocycles. The van der Waals surface area contributed by atoms with Gasteiger partial charge in [0.1, 0.15) is 5.69 Å². The molecule has 0 N–H and O–H groups in total. The van der Waals surface area contributed by atoms with Crippen LogP contribution in [0.3, 0.4) is 0 Å². The van der Waals surface area contributed by atoms with E-state index in [1.165, 1.54) is 27.4 Å². The monoisotopic (exact) mass is 544 g/mol. The van der Waals surface area contributed by atoms with Crippen molar-refractivity contribution in [3.05, 3.63) is 93.4 Å². The summed E-state index contributed by atoms with van der Waals surface area (Å²) in [4.78, 5) is 17.4. The van der Waals surface area contributed by atoms with Crippen LogP contribution in [0.5, 0.6) is 0 Å². The van der Waals surface area contributed by atoms with Gasteiger partial charge in [-0.2, -0.15) is 11.3 Å². The van der Waals surface area contributed by atoms with Crippen LogP contribution in [0.4, 0.5) is 0 Å². The molecule has 5 rings (SSSR count). The Morgan fingerprint density at radius 3 is 2.00 bits per heavy atom. The van der Waals surface area contributed by atoms with E-state index in [0.29, 0.717) is 17.4 Å². The summed E-state index contributed by atoms with van der Waals surface area (Å²) < 4.78 is 2.25. The maximum Gasteiger partial charge on any atom is 2.00 e. The SMILES string of the molecule is CC(=O)c1cccc2c1[n-]c1ccccc12.Cc1s[c-][n+](-c2c(C(C)C)cccc2C(C)C)c1C.[Cu+2]. The Kier molecular flexibility index (Phi) is 8.94. The predicted molar refractivity (Wildman–Crippen MR) is 147 cm³/mol. The summed E-state index contributed by atoms with van der Waals surface area (Å²) >= 11 is 1.70. The van der Waals surface area contributed by atoms with Gasteiger partial charge in [-0.1, -0.05) is 95.3 Å². The zero-order valence-electron chi connectivity index (χ0n) is 21.9. The number of thiazole rings is 1. The molecule has 0 spiro atoms. The number of rotatable bonds is 4. The van der Waals surface area contributed by atoms with Gasteiger partial charge in [-0.3, -0.25) is 9.36 Å². The van der Waals surface area contributed by atoms with Crippen LogP contribution in [-0.4, -0.2) is 5.78 Å². The fourth-order valence-corrected chi connectivity index (χ4v) is 5.18. The van der Waals surface area contributed by atoms with Gasteiger partial charge in [-0.05, 0) is 52.5 Å². The minimum Gasteiger partial charge on any atom is -0.656 e. The van der Waals surface area contributed by atoms with Gasteiger partial charge in [0.25, 0.3) is 0 Å². The third-order valence-electron chi connectivity index (χ3n) is 6.54. The molecule has 0 saturated heterocycles. The standard InChI is InChI=1S/C17H23NS.C14H11NO.Cu/c1-11(2)15-8-7-9-16(12(3)4)17(15)18-10-19-14(6)13(18)5;1-9(16)10-6-4-7-12-11-5-2-3-8-13(11)15-14(10)12;/h7-9,11-12H,1-6H3;2-8H,1H3,(H,15,16);/q;;+2/p-1. The minimum atomic E-state index is 0. The molecule has 0 aliphatic heterocycles. The second kappa shape index (κ2) is 11.6. The van der Waals surface area contributed by atoms with E-state index in [0.717, 1.165) is 21.8 Å². The molecule has 0 aliphatic carbocycles. The van der Waals surface area contributed by atoms with E-state index in [4.69, 9.17) is 0 Å². The smallest absolute Gasteiger partial charge is 0.656 e. The Hall–Kier alpha value is -2.72. The quantitative estimate of drug-likeness (QED) is 0.0999. The molecule has 5 aromatic rings. The van der Waals surface area contributed by atoms with Gasteiger partial charge in [0.05, 0.1) is 5.69 Å². The largest absolute Gasteiger partial charge is 2.00 e. The van der Waals surface area contributed by atoms with E-state index in [9.17, 15) is 4.79 Å². The van der Waals surface area contributed by atoms with Crippen LogP contribution in [0, 0.1) is 19.4 Å². The van der Waals surface area contributed by atoms with Gasteiger partial charge in [-0.25, -0.2) is 0 Å². The van der Waals surface area contributed by atoms with Crippen molar-refractivity contribution in [3.63, 3.8) is 0 Å². The molecule has 1 radical (unpaired) electrons. The molecular formula is C31H33CuN2OS+. The summed E-state index contributed by atoms with van der Waals surface area (Å²) in [7, 11) is 0. The van der Waals surface area contributed by atoms with Crippen LogP contribution < -0.4 is 9.55 Å². The Balaban J connectivity index is 0.000000197. The number of ketones is 1. The molecule has 0 unspecified atom stereocenters. The molecule has 0 saturated carbocycles. The third kappa shape index (κ3) is 5.34. The predicted octanol–water partition coefficient (Wildman–Crippen LogP) is 7.84. The van der Waals surface area contributed by atoms with Crippen molar-refractivity contribution in [2.24, 2.45) is 0 Å². The number of nitrogens with zero attached hydrogens (tertiary/aromatic N) is 2. The van der Waals surface area contributed by atoms with Crippen LogP contribution in [-0.2, 0) is 17.1 Å². The summed E-state index contributed by atoms with van der Waals surface area (Å²) in [6, 6.07) is 20.4. The molecule has 0 fully saturated rings. The number of benzene rings is 3. The fraction of sp³-hybridized carbons (Fsp3) is 0.290. The van der Waals surface area contributed by atoms with E-state index in [1.807, 2.05) is 42.5 Å². The van der Waals surface area contributed by atoms with Crippen molar-refractivity contribution < 1.29 is 26.4 Å². The molecule has 0 amide bonds. The van der Waals surface area contributed by atoms with Crippen LogP contribution in [0.25, 0.3) is 27.5 Å². The summed E-state index contributed by atoms with van der Waals surface area (Å²) in [6.45, 7) is 15.0. The molecule has 3 nitrogen and oxygen atoms in total. The van der Waals surface area contributed by atoms with Gasteiger partial charge < -0.3 is 4.98 Å².